The minimum Gasteiger partial charge on any atom is -0.493 e. The summed E-state index contributed by atoms with van der Waals surface area (Å²) in [5.74, 6) is 2.46. The van der Waals surface area contributed by atoms with E-state index >= 15 is 0 Å². The zero-order valence-corrected chi connectivity index (χ0v) is 23.3. The second-order valence-electron chi connectivity index (χ2n) is 10.4. The number of anilines is 1. The number of fused-ring (bicyclic) bond motifs is 1. The number of halogens is 3. The van der Waals surface area contributed by atoms with E-state index < -0.39 is 12.6 Å². The van der Waals surface area contributed by atoms with Gasteiger partial charge in [-0.3, -0.25) is 4.90 Å². The molecule has 212 valence electrons. The van der Waals surface area contributed by atoms with Crippen LogP contribution in [0, 0.1) is 0 Å². The molecule has 2 aromatic heterocycles. The van der Waals surface area contributed by atoms with E-state index in [4.69, 9.17) is 9.47 Å². The first kappa shape index (κ1) is 27.8. The molecule has 1 fully saturated rings. The Morgan fingerprint density at radius 3 is 2.23 bits per heavy atom. The van der Waals surface area contributed by atoms with Crippen molar-refractivity contribution in [3.63, 3.8) is 0 Å². The maximum atomic E-state index is 13.5. The molecule has 1 aliphatic heterocycles. The number of hydrogen-bond donors (Lipinski definition) is 1. The van der Waals surface area contributed by atoms with Gasteiger partial charge in [0.05, 0.1) is 19.9 Å². The molecule has 0 spiro atoms. The first-order chi connectivity index (χ1) is 19.3. The number of methoxy groups -OCH3 is 2. The fourth-order valence-electron chi connectivity index (χ4n) is 5.47. The molecule has 1 N–H and O–H groups in total. The number of H-pyrrole nitrogens is 1. The summed E-state index contributed by atoms with van der Waals surface area (Å²) in [6, 6.07) is 16.4. The lowest BCUT2D eigenvalue weighted by Gasteiger charge is -2.36. The summed E-state index contributed by atoms with van der Waals surface area (Å²) in [6.07, 6.45) is -3.26. The van der Waals surface area contributed by atoms with E-state index in [2.05, 4.69) is 53.0 Å². The molecule has 6 nitrogen and oxygen atoms in total. The minimum atomic E-state index is -2.94. The lowest BCUT2D eigenvalue weighted by Crippen LogP contribution is -2.49. The molecule has 0 saturated carbocycles. The van der Waals surface area contributed by atoms with Crippen LogP contribution in [0.1, 0.15) is 25.3 Å². The van der Waals surface area contributed by atoms with Crippen molar-refractivity contribution >= 4 is 16.7 Å². The van der Waals surface area contributed by atoms with Crippen molar-refractivity contribution in [3.05, 3.63) is 60.3 Å². The van der Waals surface area contributed by atoms with Gasteiger partial charge in [-0.15, -0.1) is 0 Å². The van der Waals surface area contributed by atoms with Crippen LogP contribution < -0.4 is 14.4 Å². The zero-order chi connectivity index (χ0) is 28.4. The van der Waals surface area contributed by atoms with Crippen molar-refractivity contribution in [1.82, 2.24) is 14.9 Å². The number of ether oxygens (including phenoxy) is 2. The van der Waals surface area contributed by atoms with Gasteiger partial charge in [0.25, 0.3) is 6.43 Å². The van der Waals surface area contributed by atoms with Gasteiger partial charge in [-0.1, -0.05) is 19.9 Å². The van der Waals surface area contributed by atoms with Crippen LogP contribution in [0.2, 0.25) is 0 Å². The molecule has 40 heavy (non-hydrogen) atoms. The van der Waals surface area contributed by atoms with Gasteiger partial charge < -0.3 is 19.4 Å². The third-order valence-corrected chi connectivity index (χ3v) is 7.57. The van der Waals surface area contributed by atoms with Crippen LogP contribution in [0.5, 0.6) is 11.5 Å². The van der Waals surface area contributed by atoms with Gasteiger partial charge in [0.15, 0.2) is 17.7 Å². The SMILES string of the molecule is COc1ccc(-c2[nH]c3ccc(-c4ccnc(N5CCN(CC(F)C(F)F)CC5)c4)cc3c2C(C)C)cc1OC. The summed E-state index contributed by atoms with van der Waals surface area (Å²) >= 11 is 0. The second-order valence-corrected chi connectivity index (χ2v) is 10.4. The number of piperazine rings is 1. The van der Waals surface area contributed by atoms with Gasteiger partial charge in [0, 0.05) is 55.4 Å². The molecule has 1 saturated heterocycles. The highest BCUT2D eigenvalue weighted by Gasteiger charge is 2.26. The molecule has 1 aliphatic rings. The second kappa shape index (κ2) is 11.8. The smallest absolute Gasteiger partial charge is 0.270 e. The van der Waals surface area contributed by atoms with Crippen LogP contribution in [0.4, 0.5) is 19.0 Å². The molecule has 4 aromatic rings. The minimum absolute atomic E-state index is 0.237. The van der Waals surface area contributed by atoms with Crippen molar-refractivity contribution in [2.75, 3.05) is 51.8 Å². The summed E-state index contributed by atoms with van der Waals surface area (Å²) in [4.78, 5) is 12.1. The Kier molecular flexibility index (Phi) is 8.21. The van der Waals surface area contributed by atoms with Crippen LogP contribution in [0.25, 0.3) is 33.3 Å². The van der Waals surface area contributed by atoms with E-state index in [0.29, 0.717) is 37.7 Å². The Bertz CT molecular complexity index is 1460. The van der Waals surface area contributed by atoms with E-state index in [1.165, 1.54) is 5.56 Å². The third-order valence-electron chi connectivity index (χ3n) is 7.57. The Hall–Kier alpha value is -3.72. The van der Waals surface area contributed by atoms with E-state index in [-0.39, 0.29) is 12.5 Å². The number of aromatic amines is 1. The Morgan fingerprint density at radius 1 is 0.850 bits per heavy atom. The normalized spacial score (nSPS) is 15.3. The van der Waals surface area contributed by atoms with Crippen LogP contribution in [0.15, 0.2) is 54.7 Å². The molecule has 0 amide bonds. The van der Waals surface area contributed by atoms with Gasteiger partial charge in [-0.2, -0.15) is 0 Å². The number of pyridine rings is 1. The molecule has 3 heterocycles. The highest BCUT2D eigenvalue weighted by atomic mass is 19.3. The number of rotatable bonds is 9. The average molecular weight is 553 g/mol. The van der Waals surface area contributed by atoms with E-state index in [1.807, 2.05) is 24.3 Å². The fourth-order valence-corrected chi connectivity index (χ4v) is 5.47. The summed E-state index contributed by atoms with van der Waals surface area (Å²) in [5.41, 5.74) is 6.48. The highest BCUT2D eigenvalue weighted by Crippen LogP contribution is 2.40. The summed E-state index contributed by atoms with van der Waals surface area (Å²) in [7, 11) is 3.27. The summed E-state index contributed by atoms with van der Waals surface area (Å²) < 4.78 is 49.7. The summed E-state index contributed by atoms with van der Waals surface area (Å²) in [6.45, 7) is 6.40. The van der Waals surface area contributed by atoms with Crippen molar-refractivity contribution in [3.8, 4) is 33.9 Å². The highest BCUT2D eigenvalue weighted by molar-refractivity contribution is 5.94. The maximum absolute atomic E-state index is 13.5. The third kappa shape index (κ3) is 5.61. The fraction of sp³-hybridized carbons (Fsp3) is 0.387. The van der Waals surface area contributed by atoms with Gasteiger partial charge in [0.2, 0.25) is 0 Å². The van der Waals surface area contributed by atoms with Crippen LogP contribution in [-0.4, -0.2) is 74.4 Å². The van der Waals surface area contributed by atoms with E-state index in [0.717, 1.165) is 39.1 Å². The van der Waals surface area contributed by atoms with Gasteiger partial charge >= 0.3 is 0 Å². The lowest BCUT2D eigenvalue weighted by molar-refractivity contribution is 0.0266. The maximum Gasteiger partial charge on any atom is 0.270 e. The largest absolute Gasteiger partial charge is 0.493 e. The van der Waals surface area contributed by atoms with Crippen molar-refractivity contribution in [2.45, 2.75) is 32.4 Å². The van der Waals surface area contributed by atoms with Gasteiger partial charge in [-0.05, 0) is 65.1 Å². The molecular weight excluding hydrogens is 517 g/mol. The number of nitrogens with zero attached hydrogens (tertiary/aromatic N) is 3. The Morgan fingerprint density at radius 2 is 1.55 bits per heavy atom. The molecular formula is C31H35F3N4O2. The Balaban J connectivity index is 1.43. The number of nitrogens with one attached hydrogen (secondary N) is 1. The van der Waals surface area contributed by atoms with Crippen LogP contribution in [-0.2, 0) is 0 Å². The molecule has 5 rings (SSSR count). The number of aromatic nitrogens is 2. The van der Waals surface area contributed by atoms with Crippen molar-refractivity contribution < 1.29 is 22.6 Å². The van der Waals surface area contributed by atoms with Crippen molar-refractivity contribution in [1.29, 1.82) is 0 Å². The zero-order valence-electron chi connectivity index (χ0n) is 23.3. The first-order valence-electron chi connectivity index (χ1n) is 13.5. The van der Waals surface area contributed by atoms with Crippen LogP contribution in [0.3, 0.4) is 0 Å². The number of hydrogen-bond acceptors (Lipinski definition) is 5. The molecule has 0 radical (unpaired) electrons. The molecule has 2 aromatic carbocycles. The predicted octanol–water partition coefficient (Wildman–Crippen LogP) is 6.76. The molecule has 1 unspecified atom stereocenters. The standard InChI is InChI=1S/C31H35F3N4O2/c1-19(2)29-23-15-20(5-7-25(23)36-30(29)22-6-8-26(39-3)27(16-22)40-4)21-9-10-35-28(17-21)38-13-11-37(12-14-38)18-24(32)31(33)34/h5-10,15-17,19,24,31,36H,11-14,18H2,1-4H3. The number of benzene rings is 2. The number of alkyl halides is 3. The summed E-state index contributed by atoms with van der Waals surface area (Å²) in [5, 5.41) is 1.16. The van der Waals surface area contributed by atoms with E-state index in [9.17, 15) is 13.2 Å². The Labute approximate surface area is 232 Å². The van der Waals surface area contributed by atoms with Crippen LogP contribution >= 0.6 is 0 Å². The topological polar surface area (TPSA) is 53.6 Å². The molecule has 9 heteroatoms. The van der Waals surface area contributed by atoms with Crippen molar-refractivity contribution in [2.24, 2.45) is 0 Å². The quantitative estimate of drug-likeness (QED) is 0.249. The molecule has 0 aliphatic carbocycles. The lowest BCUT2D eigenvalue weighted by atomic mass is 9.94. The van der Waals surface area contributed by atoms with Gasteiger partial charge in [-0.25, -0.2) is 18.2 Å². The van der Waals surface area contributed by atoms with E-state index in [1.54, 1.807) is 25.3 Å². The predicted molar refractivity (Wildman–Crippen MR) is 154 cm³/mol. The first-order valence-corrected chi connectivity index (χ1v) is 13.5. The monoisotopic (exact) mass is 552 g/mol. The molecule has 1 atom stereocenters. The van der Waals surface area contributed by atoms with Gasteiger partial charge in [0.1, 0.15) is 5.82 Å². The average Bonchev–Trinajstić information content (AvgIpc) is 3.36. The molecule has 0 bridgehead atoms.